The van der Waals surface area contributed by atoms with Crippen molar-refractivity contribution >= 4 is 29.9 Å². The number of likely N-dealkylation sites (N-methyl/N-ethyl adjacent to an activating group) is 1. The van der Waals surface area contributed by atoms with Crippen molar-refractivity contribution in [3.63, 3.8) is 0 Å². The normalized spacial score (nSPS) is 16.2. The molecule has 1 amide bonds. The highest BCUT2D eigenvalue weighted by molar-refractivity contribution is 6.31. The predicted molar refractivity (Wildman–Crippen MR) is 80.6 cm³/mol. The zero-order valence-electron chi connectivity index (χ0n) is 11.1. The third-order valence-corrected chi connectivity index (χ3v) is 4.03. The molecule has 0 bridgehead atoms. The summed E-state index contributed by atoms with van der Waals surface area (Å²) in [5.74, 6) is 0.0520. The Morgan fingerprint density at radius 3 is 2.53 bits per heavy atom. The van der Waals surface area contributed by atoms with Gasteiger partial charge in [0.05, 0.1) is 5.54 Å². The molecule has 1 aliphatic carbocycles. The average Bonchev–Trinajstić information content (AvgIpc) is 2.34. The highest BCUT2D eigenvalue weighted by Crippen LogP contribution is 2.31. The maximum atomic E-state index is 12.4. The lowest BCUT2D eigenvalue weighted by molar-refractivity contribution is -0.140. The zero-order chi connectivity index (χ0) is 13.2. The summed E-state index contributed by atoms with van der Waals surface area (Å²) in [4.78, 5) is 14.1. The van der Waals surface area contributed by atoms with E-state index in [1.54, 1.807) is 4.90 Å². The molecule has 2 N–H and O–H groups in total. The van der Waals surface area contributed by atoms with Gasteiger partial charge in [-0.25, -0.2) is 0 Å². The van der Waals surface area contributed by atoms with E-state index in [1.807, 2.05) is 31.2 Å². The summed E-state index contributed by atoms with van der Waals surface area (Å²) in [6.45, 7) is 3.16. The van der Waals surface area contributed by atoms with Crippen LogP contribution in [0.15, 0.2) is 24.3 Å². The van der Waals surface area contributed by atoms with Crippen molar-refractivity contribution in [2.45, 2.75) is 38.3 Å². The van der Waals surface area contributed by atoms with E-state index in [-0.39, 0.29) is 18.3 Å². The first kappa shape index (κ1) is 16.3. The van der Waals surface area contributed by atoms with Crippen molar-refractivity contribution in [3.8, 4) is 0 Å². The Labute approximate surface area is 125 Å². The minimum atomic E-state index is -0.628. The molecule has 0 heterocycles. The van der Waals surface area contributed by atoms with Crippen LogP contribution in [-0.2, 0) is 11.3 Å². The molecule has 0 aromatic heterocycles. The van der Waals surface area contributed by atoms with E-state index in [4.69, 9.17) is 17.3 Å². The number of nitrogens with zero attached hydrogens (tertiary/aromatic N) is 1. The summed E-state index contributed by atoms with van der Waals surface area (Å²) in [5, 5.41) is 0.698. The van der Waals surface area contributed by atoms with E-state index in [2.05, 4.69) is 0 Å². The number of carbonyl (C=O) groups excluding carboxylic acids is 1. The Morgan fingerprint density at radius 1 is 1.42 bits per heavy atom. The van der Waals surface area contributed by atoms with Crippen LogP contribution >= 0.6 is 24.0 Å². The first-order valence-electron chi connectivity index (χ1n) is 6.38. The number of hydrogen-bond acceptors (Lipinski definition) is 2. The third kappa shape index (κ3) is 3.41. The molecule has 0 unspecified atom stereocenters. The van der Waals surface area contributed by atoms with Gasteiger partial charge in [0.2, 0.25) is 5.91 Å². The first-order valence-corrected chi connectivity index (χ1v) is 6.76. The van der Waals surface area contributed by atoms with Crippen LogP contribution in [0.25, 0.3) is 0 Å². The van der Waals surface area contributed by atoms with Crippen LogP contribution in [0.2, 0.25) is 5.02 Å². The van der Waals surface area contributed by atoms with Crippen LogP contribution in [0, 0.1) is 0 Å². The second-order valence-corrected chi connectivity index (χ2v) is 5.33. The van der Waals surface area contributed by atoms with Gasteiger partial charge in [-0.05, 0) is 37.8 Å². The Kier molecular flexibility index (Phi) is 5.65. The lowest BCUT2D eigenvalue weighted by atomic mass is 9.76. The summed E-state index contributed by atoms with van der Waals surface area (Å²) >= 11 is 6.12. The summed E-state index contributed by atoms with van der Waals surface area (Å²) in [6.07, 6.45) is 2.64. The van der Waals surface area contributed by atoms with Gasteiger partial charge in [-0.15, -0.1) is 12.4 Å². The number of amides is 1. The van der Waals surface area contributed by atoms with Gasteiger partial charge in [-0.2, -0.15) is 0 Å². The smallest absolute Gasteiger partial charge is 0.242 e. The molecule has 0 spiro atoms. The first-order chi connectivity index (χ1) is 8.57. The van der Waals surface area contributed by atoms with Crippen LogP contribution in [0.5, 0.6) is 0 Å². The second-order valence-electron chi connectivity index (χ2n) is 4.92. The SMILES string of the molecule is CCN(Cc1ccccc1Cl)C(=O)C1(N)CCC1.Cl. The van der Waals surface area contributed by atoms with Gasteiger partial charge in [0.15, 0.2) is 0 Å². The van der Waals surface area contributed by atoms with Crippen molar-refractivity contribution in [2.24, 2.45) is 5.73 Å². The molecule has 0 radical (unpaired) electrons. The number of rotatable bonds is 4. The Morgan fingerprint density at radius 2 is 2.05 bits per heavy atom. The van der Waals surface area contributed by atoms with Gasteiger partial charge < -0.3 is 10.6 Å². The van der Waals surface area contributed by atoms with Crippen LogP contribution in [0.4, 0.5) is 0 Å². The van der Waals surface area contributed by atoms with Crippen molar-refractivity contribution in [2.75, 3.05) is 6.54 Å². The number of carbonyl (C=O) groups is 1. The van der Waals surface area contributed by atoms with Gasteiger partial charge >= 0.3 is 0 Å². The van der Waals surface area contributed by atoms with E-state index in [0.29, 0.717) is 18.1 Å². The average molecular weight is 303 g/mol. The molecule has 3 nitrogen and oxygen atoms in total. The Hall–Kier alpha value is -0.770. The molecule has 1 aromatic carbocycles. The molecule has 5 heteroatoms. The minimum Gasteiger partial charge on any atom is -0.337 e. The fourth-order valence-electron chi connectivity index (χ4n) is 2.25. The van der Waals surface area contributed by atoms with E-state index in [1.165, 1.54) is 0 Å². The Bertz CT molecular complexity index is 447. The largest absolute Gasteiger partial charge is 0.337 e. The summed E-state index contributed by atoms with van der Waals surface area (Å²) in [7, 11) is 0. The molecule has 1 aliphatic rings. The van der Waals surface area contributed by atoms with Gasteiger partial charge in [0.1, 0.15) is 0 Å². The summed E-state index contributed by atoms with van der Waals surface area (Å²) < 4.78 is 0. The number of halogens is 2. The molecule has 0 saturated heterocycles. The van der Waals surface area contributed by atoms with Crippen molar-refractivity contribution in [1.29, 1.82) is 0 Å². The van der Waals surface area contributed by atoms with E-state index in [0.717, 1.165) is 24.8 Å². The molecule has 2 rings (SSSR count). The van der Waals surface area contributed by atoms with Crippen LogP contribution in [0.3, 0.4) is 0 Å². The minimum absolute atomic E-state index is 0. The standard InChI is InChI=1S/C14H19ClN2O.ClH/c1-2-17(13(18)14(16)8-5-9-14)10-11-6-3-4-7-12(11)15;/h3-4,6-7H,2,5,8-10,16H2,1H3;1H. The highest BCUT2D eigenvalue weighted by atomic mass is 35.5. The fraction of sp³-hybridized carbons (Fsp3) is 0.500. The van der Waals surface area contributed by atoms with Crippen molar-refractivity contribution in [3.05, 3.63) is 34.9 Å². The predicted octanol–water partition coefficient (Wildman–Crippen LogP) is 2.99. The molecular weight excluding hydrogens is 283 g/mol. The number of nitrogens with two attached hydrogens (primary N) is 1. The van der Waals surface area contributed by atoms with E-state index < -0.39 is 5.54 Å². The molecule has 0 aliphatic heterocycles. The fourth-order valence-corrected chi connectivity index (χ4v) is 2.44. The third-order valence-electron chi connectivity index (χ3n) is 3.66. The van der Waals surface area contributed by atoms with Gasteiger partial charge in [-0.1, -0.05) is 29.8 Å². The second kappa shape index (κ2) is 6.60. The quantitative estimate of drug-likeness (QED) is 0.929. The topological polar surface area (TPSA) is 46.3 Å². The van der Waals surface area contributed by atoms with Crippen LogP contribution < -0.4 is 5.73 Å². The molecule has 1 saturated carbocycles. The molecule has 106 valence electrons. The maximum absolute atomic E-state index is 12.4. The van der Waals surface area contributed by atoms with Crippen LogP contribution in [0.1, 0.15) is 31.7 Å². The molecule has 1 aromatic rings. The van der Waals surface area contributed by atoms with Gasteiger partial charge in [0.25, 0.3) is 0 Å². The van der Waals surface area contributed by atoms with Gasteiger partial charge in [-0.3, -0.25) is 4.79 Å². The van der Waals surface area contributed by atoms with Crippen molar-refractivity contribution < 1.29 is 4.79 Å². The van der Waals surface area contributed by atoms with E-state index >= 15 is 0 Å². The molecule has 19 heavy (non-hydrogen) atoms. The molecular formula is C14H20Cl2N2O. The number of hydrogen-bond donors (Lipinski definition) is 1. The Balaban J connectivity index is 0.00000180. The monoisotopic (exact) mass is 302 g/mol. The van der Waals surface area contributed by atoms with Crippen LogP contribution in [-0.4, -0.2) is 22.9 Å². The summed E-state index contributed by atoms with van der Waals surface area (Å²) in [6, 6.07) is 7.61. The summed E-state index contributed by atoms with van der Waals surface area (Å²) in [5.41, 5.74) is 6.43. The van der Waals surface area contributed by atoms with E-state index in [9.17, 15) is 4.79 Å². The number of benzene rings is 1. The molecule has 1 fully saturated rings. The maximum Gasteiger partial charge on any atom is 0.242 e. The zero-order valence-corrected chi connectivity index (χ0v) is 12.6. The lowest BCUT2D eigenvalue weighted by Gasteiger charge is -2.40. The van der Waals surface area contributed by atoms with Gasteiger partial charge in [0, 0.05) is 18.1 Å². The highest BCUT2D eigenvalue weighted by Gasteiger charge is 2.42. The molecule has 0 atom stereocenters. The van der Waals surface area contributed by atoms with Crippen molar-refractivity contribution in [1.82, 2.24) is 4.90 Å². The lowest BCUT2D eigenvalue weighted by Crippen LogP contribution is -2.59.